The molecule has 0 fully saturated rings. The van der Waals surface area contributed by atoms with E-state index >= 15 is 0 Å². The minimum Gasteiger partial charge on any atom is -0.378 e. The standard InChI is InChI=1S/C16H35NO/c1-6-8-9-10-13-18-16(7-2)11-12-17(5)14-15(3)4/h15-16H,6-14H2,1-5H3. The first kappa shape index (κ1) is 17.9. The van der Waals surface area contributed by atoms with E-state index in [1.54, 1.807) is 0 Å². The van der Waals surface area contributed by atoms with E-state index in [1.165, 1.54) is 38.6 Å². The maximum atomic E-state index is 5.97. The van der Waals surface area contributed by atoms with Crippen LogP contribution in [-0.2, 0) is 4.74 Å². The van der Waals surface area contributed by atoms with E-state index in [9.17, 15) is 0 Å². The summed E-state index contributed by atoms with van der Waals surface area (Å²) in [7, 11) is 2.22. The Morgan fingerprint density at radius 3 is 2.33 bits per heavy atom. The predicted molar refractivity (Wildman–Crippen MR) is 81.1 cm³/mol. The lowest BCUT2D eigenvalue weighted by atomic mass is 10.1. The zero-order valence-electron chi connectivity index (χ0n) is 13.4. The molecule has 0 aromatic rings. The highest BCUT2D eigenvalue weighted by Crippen LogP contribution is 2.08. The largest absolute Gasteiger partial charge is 0.378 e. The highest BCUT2D eigenvalue weighted by atomic mass is 16.5. The molecule has 0 aliphatic rings. The predicted octanol–water partition coefficient (Wildman–Crippen LogP) is 4.34. The number of unbranched alkanes of at least 4 members (excludes halogenated alkanes) is 3. The second-order valence-electron chi connectivity index (χ2n) is 5.91. The number of nitrogens with zero attached hydrogens (tertiary/aromatic N) is 1. The number of hydrogen-bond acceptors (Lipinski definition) is 2. The van der Waals surface area contributed by atoms with Crippen LogP contribution in [0.2, 0.25) is 0 Å². The van der Waals surface area contributed by atoms with Crippen LogP contribution in [0.25, 0.3) is 0 Å². The highest BCUT2D eigenvalue weighted by Gasteiger charge is 2.09. The molecule has 0 N–H and O–H groups in total. The van der Waals surface area contributed by atoms with E-state index in [-0.39, 0.29) is 0 Å². The van der Waals surface area contributed by atoms with Gasteiger partial charge < -0.3 is 9.64 Å². The Morgan fingerprint density at radius 1 is 1.06 bits per heavy atom. The van der Waals surface area contributed by atoms with Crippen LogP contribution < -0.4 is 0 Å². The summed E-state index contributed by atoms with van der Waals surface area (Å²) < 4.78 is 5.97. The molecular weight excluding hydrogens is 222 g/mol. The number of rotatable bonds is 12. The molecular formula is C16H35NO. The maximum Gasteiger partial charge on any atom is 0.0584 e. The van der Waals surface area contributed by atoms with Gasteiger partial charge in [0.15, 0.2) is 0 Å². The van der Waals surface area contributed by atoms with Crippen molar-refractivity contribution in [1.82, 2.24) is 4.90 Å². The fraction of sp³-hybridized carbons (Fsp3) is 1.00. The molecule has 2 heteroatoms. The maximum absolute atomic E-state index is 5.97. The summed E-state index contributed by atoms with van der Waals surface area (Å²) in [6, 6.07) is 0. The molecule has 0 bridgehead atoms. The topological polar surface area (TPSA) is 12.5 Å². The van der Waals surface area contributed by atoms with Gasteiger partial charge in [-0.1, -0.05) is 47.0 Å². The quantitative estimate of drug-likeness (QED) is 0.482. The van der Waals surface area contributed by atoms with E-state index in [2.05, 4.69) is 39.6 Å². The van der Waals surface area contributed by atoms with Crippen molar-refractivity contribution in [2.45, 2.75) is 72.3 Å². The molecule has 0 aliphatic carbocycles. The van der Waals surface area contributed by atoms with Crippen LogP contribution in [0.3, 0.4) is 0 Å². The molecule has 0 saturated carbocycles. The third-order valence-electron chi connectivity index (χ3n) is 3.32. The summed E-state index contributed by atoms with van der Waals surface area (Å²) in [4.78, 5) is 2.42. The molecule has 1 atom stereocenters. The molecule has 0 spiro atoms. The van der Waals surface area contributed by atoms with Gasteiger partial charge in [0.25, 0.3) is 0 Å². The van der Waals surface area contributed by atoms with Gasteiger partial charge in [-0.25, -0.2) is 0 Å². The molecule has 1 unspecified atom stereocenters. The fourth-order valence-corrected chi connectivity index (χ4v) is 2.26. The Hall–Kier alpha value is -0.0800. The summed E-state index contributed by atoms with van der Waals surface area (Å²) in [6.45, 7) is 12.3. The Labute approximate surface area is 115 Å². The molecule has 0 saturated heterocycles. The molecule has 18 heavy (non-hydrogen) atoms. The van der Waals surface area contributed by atoms with Gasteiger partial charge in [-0.15, -0.1) is 0 Å². The Balaban J connectivity index is 3.57. The lowest BCUT2D eigenvalue weighted by molar-refractivity contribution is 0.0362. The molecule has 0 rings (SSSR count). The van der Waals surface area contributed by atoms with Gasteiger partial charge in [0, 0.05) is 19.7 Å². The normalized spacial score (nSPS) is 13.5. The smallest absolute Gasteiger partial charge is 0.0584 e. The van der Waals surface area contributed by atoms with Crippen LogP contribution in [-0.4, -0.2) is 37.7 Å². The van der Waals surface area contributed by atoms with E-state index in [0.717, 1.165) is 25.5 Å². The van der Waals surface area contributed by atoms with Crippen molar-refractivity contribution in [2.24, 2.45) is 5.92 Å². The van der Waals surface area contributed by atoms with Crippen molar-refractivity contribution >= 4 is 0 Å². The number of hydrogen-bond donors (Lipinski definition) is 0. The average molecular weight is 257 g/mol. The van der Waals surface area contributed by atoms with Crippen LogP contribution in [0, 0.1) is 5.92 Å². The summed E-state index contributed by atoms with van der Waals surface area (Å²) in [5.74, 6) is 0.755. The first-order chi connectivity index (χ1) is 8.60. The monoisotopic (exact) mass is 257 g/mol. The summed E-state index contributed by atoms with van der Waals surface area (Å²) >= 11 is 0. The lowest BCUT2D eigenvalue weighted by Gasteiger charge is -2.22. The van der Waals surface area contributed by atoms with Crippen molar-refractivity contribution in [3.63, 3.8) is 0 Å². The van der Waals surface area contributed by atoms with Gasteiger partial charge in [0.2, 0.25) is 0 Å². The zero-order chi connectivity index (χ0) is 13.8. The van der Waals surface area contributed by atoms with Crippen molar-refractivity contribution in [3.05, 3.63) is 0 Å². The van der Waals surface area contributed by atoms with Crippen LogP contribution >= 0.6 is 0 Å². The SMILES string of the molecule is CCCCCCOC(CC)CCN(C)CC(C)C. The van der Waals surface area contributed by atoms with Crippen LogP contribution in [0.1, 0.15) is 66.2 Å². The molecule has 0 aromatic carbocycles. The lowest BCUT2D eigenvalue weighted by Crippen LogP contribution is -2.27. The van der Waals surface area contributed by atoms with E-state index < -0.39 is 0 Å². The minimum absolute atomic E-state index is 0.459. The van der Waals surface area contributed by atoms with Gasteiger partial charge in [0.05, 0.1) is 6.10 Å². The average Bonchev–Trinajstić information content (AvgIpc) is 2.31. The van der Waals surface area contributed by atoms with Gasteiger partial charge in [0.1, 0.15) is 0 Å². The number of ether oxygens (including phenoxy) is 1. The zero-order valence-corrected chi connectivity index (χ0v) is 13.4. The van der Waals surface area contributed by atoms with Gasteiger partial charge in [-0.05, 0) is 32.2 Å². The molecule has 0 aliphatic heterocycles. The summed E-state index contributed by atoms with van der Waals surface area (Å²) in [5, 5.41) is 0. The van der Waals surface area contributed by atoms with E-state index in [4.69, 9.17) is 4.74 Å². The van der Waals surface area contributed by atoms with Crippen LogP contribution in [0.4, 0.5) is 0 Å². The Kier molecular flexibility index (Phi) is 11.9. The minimum atomic E-state index is 0.459. The second-order valence-corrected chi connectivity index (χ2v) is 5.91. The third kappa shape index (κ3) is 11.0. The van der Waals surface area contributed by atoms with Crippen molar-refractivity contribution < 1.29 is 4.74 Å². The molecule has 2 nitrogen and oxygen atoms in total. The second kappa shape index (κ2) is 12.0. The van der Waals surface area contributed by atoms with Crippen LogP contribution in [0.15, 0.2) is 0 Å². The third-order valence-corrected chi connectivity index (χ3v) is 3.32. The fourth-order valence-electron chi connectivity index (χ4n) is 2.26. The molecule has 110 valence electrons. The Bertz CT molecular complexity index is 170. The van der Waals surface area contributed by atoms with Crippen molar-refractivity contribution in [3.8, 4) is 0 Å². The first-order valence-electron chi connectivity index (χ1n) is 7.90. The first-order valence-corrected chi connectivity index (χ1v) is 7.90. The van der Waals surface area contributed by atoms with Gasteiger partial charge in [-0.2, -0.15) is 0 Å². The van der Waals surface area contributed by atoms with Gasteiger partial charge in [-0.3, -0.25) is 0 Å². The molecule has 0 heterocycles. The summed E-state index contributed by atoms with van der Waals surface area (Å²) in [5.41, 5.74) is 0. The van der Waals surface area contributed by atoms with E-state index in [0.29, 0.717) is 6.10 Å². The Morgan fingerprint density at radius 2 is 1.78 bits per heavy atom. The molecule has 0 radical (unpaired) electrons. The molecule has 0 amide bonds. The van der Waals surface area contributed by atoms with E-state index in [1.807, 2.05) is 0 Å². The molecule has 0 aromatic heterocycles. The van der Waals surface area contributed by atoms with Gasteiger partial charge >= 0.3 is 0 Å². The van der Waals surface area contributed by atoms with Crippen molar-refractivity contribution in [2.75, 3.05) is 26.7 Å². The highest BCUT2D eigenvalue weighted by molar-refractivity contribution is 4.61. The van der Waals surface area contributed by atoms with Crippen molar-refractivity contribution in [1.29, 1.82) is 0 Å². The van der Waals surface area contributed by atoms with Crippen LogP contribution in [0.5, 0.6) is 0 Å². The summed E-state index contributed by atoms with van der Waals surface area (Å²) in [6.07, 6.45) is 7.97.